The van der Waals surface area contributed by atoms with Gasteiger partial charge in [-0.3, -0.25) is 4.79 Å². The standard InChI is InChI=1S/C26H28N2O5/c29-23(28-26(12-13-26)24(30)31)17-11-5-6-16(17)14-27-25(32)33-15-22-20-9-3-1-7-18(20)19-8-2-4-10-21(19)22/h1-4,7-10,16-17,22H,5-6,11-15H2,(H,27,32)(H,28,29)(H,30,31)/t16-,17-/m0/s1. The Hall–Kier alpha value is -3.35. The summed E-state index contributed by atoms with van der Waals surface area (Å²) in [6.45, 7) is 0.588. The third kappa shape index (κ3) is 4.08. The number of benzene rings is 2. The molecule has 2 aromatic carbocycles. The summed E-state index contributed by atoms with van der Waals surface area (Å²) >= 11 is 0. The number of aliphatic carboxylic acids is 1. The van der Waals surface area contributed by atoms with Crippen LogP contribution in [0.25, 0.3) is 11.1 Å². The lowest BCUT2D eigenvalue weighted by molar-refractivity contribution is -0.144. The van der Waals surface area contributed by atoms with Crippen LogP contribution < -0.4 is 10.6 Å². The Labute approximate surface area is 192 Å². The quantitative estimate of drug-likeness (QED) is 0.599. The van der Waals surface area contributed by atoms with Gasteiger partial charge in [0.15, 0.2) is 0 Å². The van der Waals surface area contributed by atoms with E-state index < -0.39 is 17.6 Å². The van der Waals surface area contributed by atoms with Crippen molar-refractivity contribution in [2.45, 2.75) is 43.6 Å². The Bertz CT molecular complexity index is 1050. The molecule has 3 aliphatic carbocycles. The molecule has 7 nitrogen and oxygen atoms in total. The summed E-state index contributed by atoms with van der Waals surface area (Å²) in [4.78, 5) is 36.5. The van der Waals surface area contributed by atoms with Crippen molar-refractivity contribution in [1.82, 2.24) is 10.6 Å². The molecule has 33 heavy (non-hydrogen) atoms. The van der Waals surface area contributed by atoms with Gasteiger partial charge in [0.2, 0.25) is 5.91 Å². The topological polar surface area (TPSA) is 105 Å². The zero-order valence-electron chi connectivity index (χ0n) is 18.4. The maximum atomic E-state index is 12.7. The number of nitrogens with one attached hydrogen (secondary N) is 2. The van der Waals surface area contributed by atoms with E-state index in [1.54, 1.807) is 0 Å². The van der Waals surface area contributed by atoms with Crippen molar-refractivity contribution in [2.24, 2.45) is 11.8 Å². The number of carboxylic acid groups (broad SMARTS) is 1. The first kappa shape index (κ1) is 21.5. The number of carboxylic acids is 1. The highest BCUT2D eigenvalue weighted by Gasteiger charge is 2.52. The van der Waals surface area contributed by atoms with Crippen LogP contribution in [0.4, 0.5) is 4.79 Å². The molecular weight excluding hydrogens is 420 g/mol. The van der Waals surface area contributed by atoms with Crippen LogP contribution >= 0.6 is 0 Å². The minimum absolute atomic E-state index is 0.00101. The highest BCUT2D eigenvalue weighted by Crippen LogP contribution is 2.44. The summed E-state index contributed by atoms with van der Waals surface area (Å²) in [6, 6.07) is 16.4. The molecule has 172 valence electrons. The van der Waals surface area contributed by atoms with Crippen molar-refractivity contribution in [2.75, 3.05) is 13.2 Å². The lowest BCUT2D eigenvalue weighted by Crippen LogP contribution is -2.47. The van der Waals surface area contributed by atoms with Crippen LogP contribution in [0.5, 0.6) is 0 Å². The summed E-state index contributed by atoms with van der Waals surface area (Å²) in [5.74, 6) is -1.49. The fraction of sp³-hybridized carbons (Fsp3) is 0.423. The molecule has 0 unspecified atom stereocenters. The molecule has 2 fully saturated rings. The molecule has 3 N–H and O–H groups in total. The van der Waals surface area contributed by atoms with Crippen LogP contribution in [-0.4, -0.2) is 41.8 Å². The molecule has 0 saturated heterocycles. The second-order valence-corrected chi connectivity index (χ2v) is 9.38. The fourth-order valence-electron chi connectivity index (χ4n) is 5.34. The van der Waals surface area contributed by atoms with E-state index >= 15 is 0 Å². The third-order valence-corrected chi connectivity index (χ3v) is 7.37. The summed E-state index contributed by atoms with van der Waals surface area (Å²) in [5.41, 5.74) is 3.59. The van der Waals surface area contributed by atoms with Gasteiger partial charge in [-0.15, -0.1) is 0 Å². The lowest BCUT2D eigenvalue weighted by atomic mass is 9.94. The van der Waals surface area contributed by atoms with Gasteiger partial charge >= 0.3 is 12.1 Å². The Morgan fingerprint density at radius 3 is 2.21 bits per heavy atom. The van der Waals surface area contributed by atoms with Crippen LogP contribution in [-0.2, 0) is 14.3 Å². The molecule has 0 aliphatic heterocycles. The summed E-state index contributed by atoms with van der Waals surface area (Å²) < 4.78 is 5.59. The average molecular weight is 449 g/mol. The molecule has 2 aromatic rings. The van der Waals surface area contributed by atoms with Gasteiger partial charge in [-0.2, -0.15) is 0 Å². The molecule has 7 heteroatoms. The van der Waals surface area contributed by atoms with Crippen molar-refractivity contribution in [3.63, 3.8) is 0 Å². The van der Waals surface area contributed by atoms with E-state index in [0.717, 1.165) is 24.0 Å². The van der Waals surface area contributed by atoms with Gasteiger partial charge in [-0.05, 0) is 53.9 Å². The normalized spacial score (nSPS) is 22.2. The van der Waals surface area contributed by atoms with E-state index in [1.807, 2.05) is 24.3 Å². The minimum Gasteiger partial charge on any atom is -0.480 e. The van der Waals surface area contributed by atoms with Crippen LogP contribution in [0.3, 0.4) is 0 Å². The van der Waals surface area contributed by atoms with E-state index in [1.165, 1.54) is 11.1 Å². The maximum Gasteiger partial charge on any atom is 0.407 e. The molecule has 2 amide bonds. The van der Waals surface area contributed by atoms with Crippen molar-refractivity contribution >= 4 is 18.0 Å². The van der Waals surface area contributed by atoms with Crippen molar-refractivity contribution < 1.29 is 24.2 Å². The third-order valence-electron chi connectivity index (χ3n) is 7.37. The second-order valence-electron chi connectivity index (χ2n) is 9.38. The number of ether oxygens (including phenoxy) is 1. The Morgan fingerprint density at radius 1 is 0.970 bits per heavy atom. The van der Waals surface area contributed by atoms with Crippen molar-refractivity contribution in [3.05, 3.63) is 59.7 Å². The van der Waals surface area contributed by atoms with Gasteiger partial charge in [-0.1, -0.05) is 55.0 Å². The van der Waals surface area contributed by atoms with Crippen LogP contribution in [0.2, 0.25) is 0 Å². The van der Waals surface area contributed by atoms with Crippen LogP contribution in [0, 0.1) is 11.8 Å². The number of rotatable bonds is 7. The molecular formula is C26H28N2O5. The lowest BCUT2D eigenvalue weighted by Gasteiger charge is -2.22. The molecule has 3 aliphatic rings. The first-order chi connectivity index (χ1) is 16.0. The highest BCUT2D eigenvalue weighted by molar-refractivity contribution is 5.90. The Kier molecular flexibility index (Phi) is 5.56. The number of carbonyl (C=O) groups excluding carboxylic acids is 2. The summed E-state index contributed by atoms with van der Waals surface area (Å²) in [7, 11) is 0. The van der Waals surface area contributed by atoms with E-state index in [-0.39, 0.29) is 30.3 Å². The first-order valence-electron chi connectivity index (χ1n) is 11.6. The smallest absolute Gasteiger partial charge is 0.407 e. The molecule has 2 saturated carbocycles. The van der Waals surface area contributed by atoms with Gasteiger partial charge in [0.1, 0.15) is 12.1 Å². The Balaban J connectivity index is 1.15. The molecule has 0 radical (unpaired) electrons. The number of amides is 2. The predicted octanol–water partition coefficient (Wildman–Crippen LogP) is 3.67. The molecule has 0 heterocycles. The summed E-state index contributed by atoms with van der Waals surface area (Å²) in [5, 5.41) is 14.9. The monoisotopic (exact) mass is 448 g/mol. The molecule has 0 spiro atoms. The van der Waals surface area contributed by atoms with E-state index in [4.69, 9.17) is 4.74 Å². The SMILES string of the molecule is O=C(NC[C@@H]1CCC[C@@H]1C(=O)NC1(C(=O)O)CC1)OCC1c2ccccc2-c2ccccc21. The zero-order chi connectivity index (χ0) is 23.0. The second kappa shape index (κ2) is 8.54. The van der Waals surface area contributed by atoms with E-state index in [9.17, 15) is 19.5 Å². The molecule has 0 bridgehead atoms. The number of alkyl carbamates (subject to hydrolysis) is 1. The highest BCUT2D eigenvalue weighted by atomic mass is 16.5. The minimum atomic E-state index is -1.08. The van der Waals surface area contributed by atoms with Crippen molar-refractivity contribution in [3.8, 4) is 11.1 Å². The van der Waals surface area contributed by atoms with Gasteiger partial charge < -0.3 is 20.5 Å². The Morgan fingerprint density at radius 2 is 1.61 bits per heavy atom. The predicted molar refractivity (Wildman–Crippen MR) is 122 cm³/mol. The van der Waals surface area contributed by atoms with E-state index in [0.29, 0.717) is 25.8 Å². The molecule has 2 atom stereocenters. The van der Waals surface area contributed by atoms with Gasteiger partial charge in [0.05, 0.1) is 0 Å². The first-order valence-corrected chi connectivity index (χ1v) is 11.6. The van der Waals surface area contributed by atoms with Crippen molar-refractivity contribution in [1.29, 1.82) is 0 Å². The largest absolute Gasteiger partial charge is 0.480 e. The number of fused-ring (bicyclic) bond motifs is 3. The average Bonchev–Trinajstić information content (AvgIpc) is 3.33. The molecule has 5 rings (SSSR count). The number of hydrogen-bond donors (Lipinski definition) is 3. The maximum absolute atomic E-state index is 12.7. The van der Waals surface area contributed by atoms with Gasteiger partial charge in [-0.25, -0.2) is 9.59 Å². The fourth-order valence-corrected chi connectivity index (χ4v) is 5.34. The number of hydrogen-bond acceptors (Lipinski definition) is 4. The van der Waals surface area contributed by atoms with Gasteiger partial charge in [0, 0.05) is 18.4 Å². The van der Waals surface area contributed by atoms with Crippen LogP contribution in [0.1, 0.15) is 49.1 Å². The molecule has 0 aromatic heterocycles. The zero-order valence-corrected chi connectivity index (χ0v) is 18.4. The van der Waals surface area contributed by atoms with E-state index in [2.05, 4.69) is 34.9 Å². The number of carbonyl (C=O) groups is 3. The van der Waals surface area contributed by atoms with Gasteiger partial charge in [0.25, 0.3) is 0 Å². The van der Waals surface area contributed by atoms with Crippen LogP contribution in [0.15, 0.2) is 48.5 Å². The summed E-state index contributed by atoms with van der Waals surface area (Å²) in [6.07, 6.45) is 2.87.